The van der Waals surface area contributed by atoms with E-state index in [9.17, 15) is 0 Å². The van der Waals surface area contributed by atoms with Crippen LogP contribution in [-0.4, -0.2) is 4.98 Å². The molecule has 2 aromatic carbocycles. The fraction of sp³-hybridized carbons (Fsp3) is 0.133. The van der Waals surface area contributed by atoms with Crippen LogP contribution in [-0.2, 0) is 6.42 Å². The maximum Gasteiger partial charge on any atom is 0.300 e. The Morgan fingerprint density at radius 3 is 2.90 bits per heavy atom. The fourth-order valence-corrected chi connectivity index (χ4v) is 2.52. The topological polar surface area (TPSA) is 64.1 Å². The number of nitrogen functional groups attached to an aromatic ring is 1. The Morgan fingerprint density at radius 1 is 1.30 bits per heavy atom. The normalized spacial score (nSPS) is 10.9. The Labute approximate surface area is 125 Å². The molecule has 0 radical (unpaired) electrons. The molecule has 0 bridgehead atoms. The minimum absolute atomic E-state index is 0.454. The maximum atomic E-state index is 5.88. The molecule has 0 fully saturated rings. The molecule has 3 N–H and O–H groups in total. The van der Waals surface area contributed by atoms with Crippen LogP contribution in [0.5, 0.6) is 0 Å². The highest BCUT2D eigenvalue weighted by Gasteiger charge is 2.10. The van der Waals surface area contributed by atoms with Crippen molar-refractivity contribution in [1.29, 1.82) is 0 Å². The van der Waals surface area contributed by atoms with Crippen molar-refractivity contribution < 1.29 is 4.42 Å². The van der Waals surface area contributed by atoms with Crippen LogP contribution in [0.1, 0.15) is 12.5 Å². The summed E-state index contributed by atoms with van der Waals surface area (Å²) in [7, 11) is 0. The number of nitrogens with zero attached hydrogens (tertiary/aromatic N) is 1. The number of nitrogens with one attached hydrogen (secondary N) is 1. The molecule has 0 aliphatic rings. The maximum absolute atomic E-state index is 5.88. The third-order valence-electron chi connectivity index (χ3n) is 3.14. The zero-order valence-electron chi connectivity index (χ0n) is 11.0. The SMILES string of the molecule is CCc1cc(Br)ccc1Nc1nc2c(N)cccc2o1. The number of halogens is 1. The molecule has 0 saturated carbocycles. The van der Waals surface area contributed by atoms with Crippen LogP contribution in [0, 0.1) is 0 Å². The summed E-state index contributed by atoms with van der Waals surface area (Å²) in [5, 5.41) is 3.21. The van der Waals surface area contributed by atoms with Gasteiger partial charge in [-0.05, 0) is 42.3 Å². The molecule has 1 heterocycles. The first-order valence-corrected chi connectivity index (χ1v) is 7.17. The second kappa shape index (κ2) is 5.17. The molecular weight excluding hydrogens is 318 g/mol. The zero-order valence-corrected chi connectivity index (χ0v) is 12.6. The molecular formula is C15H14BrN3O. The number of benzene rings is 2. The lowest BCUT2D eigenvalue weighted by atomic mass is 10.1. The van der Waals surface area contributed by atoms with Gasteiger partial charge in [-0.1, -0.05) is 28.9 Å². The summed E-state index contributed by atoms with van der Waals surface area (Å²) in [6, 6.07) is 12.0. The Morgan fingerprint density at radius 2 is 2.15 bits per heavy atom. The highest BCUT2D eigenvalue weighted by atomic mass is 79.9. The lowest BCUT2D eigenvalue weighted by Gasteiger charge is -2.08. The molecule has 0 aliphatic carbocycles. The molecule has 0 spiro atoms. The number of hydrogen-bond acceptors (Lipinski definition) is 4. The number of rotatable bonds is 3. The van der Waals surface area contributed by atoms with Crippen LogP contribution >= 0.6 is 15.9 Å². The predicted octanol–water partition coefficient (Wildman–Crippen LogP) is 4.48. The number of oxazole rings is 1. The summed E-state index contributed by atoms with van der Waals surface area (Å²) in [5.41, 5.74) is 10.0. The van der Waals surface area contributed by atoms with Crippen LogP contribution in [0.25, 0.3) is 11.1 Å². The van der Waals surface area contributed by atoms with E-state index in [1.807, 2.05) is 30.3 Å². The van der Waals surface area contributed by atoms with Gasteiger partial charge in [-0.25, -0.2) is 0 Å². The second-order valence-electron chi connectivity index (χ2n) is 4.49. The van der Waals surface area contributed by atoms with Gasteiger partial charge in [0.25, 0.3) is 6.01 Å². The first-order chi connectivity index (χ1) is 9.67. The van der Waals surface area contributed by atoms with Gasteiger partial charge >= 0.3 is 0 Å². The van der Waals surface area contributed by atoms with Gasteiger partial charge in [-0.2, -0.15) is 4.98 Å². The molecule has 0 atom stereocenters. The smallest absolute Gasteiger partial charge is 0.300 e. The zero-order chi connectivity index (χ0) is 14.1. The molecule has 0 saturated heterocycles. The van der Waals surface area contributed by atoms with Gasteiger partial charge in [-0.15, -0.1) is 0 Å². The Kier molecular flexibility index (Phi) is 3.36. The van der Waals surface area contributed by atoms with E-state index < -0.39 is 0 Å². The van der Waals surface area contributed by atoms with E-state index in [1.165, 1.54) is 5.56 Å². The molecule has 4 nitrogen and oxygen atoms in total. The van der Waals surface area contributed by atoms with E-state index in [-0.39, 0.29) is 0 Å². The van der Waals surface area contributed by atoms with E-state index in [1.54, 1.807) is 0 Å². The van der Waals surface area contributed by atoms with Crippen LogP contribution in [0.3, 0.4) is 0 Å². The minimum Gasteiger partial charge on any atom is -0.423 e. The number of para-hydroxylation sites is 1. The highest BCUT2D eigenvalue weighted by molar-refractivity contribution is 9.10. The number of aromatic nitrogens is 1. The van der Waals surface area contributed by atoms with Crippen LogP contribution in [0.4, 0.5) is 17.4 Å². The van der Waals surface area contributed by atoms with Gasteiger partial charge in [-0.3, -0.25) is 0 Å². The van der Waals surface area contributed by atoms with E-state index >= 15 is 0 Å². The Balaban J connectivity index is 1.99. The Hall–Kier alpha value is -2.01. The van der Waals surface area contributed by atoms with E-state index in [2.05, 4.69) is 39.2 Å². The number of aryl methyl sites for hydroxylation is 1. The Bertz CT molecular complexity index is 767. The molecule has 20 heavy (non-hydrogen) atoms. The molecule has 102 valence electrons. The van der Waals surface area contributed by atoms with Crippen molar-refractivity contribution in [3.63, 3.8) is 0 Å². The largest absolute Gasteiger partial charge is 0.423 e. The molecule has 1 aromatic heterocycles. The average Bonchev–Trinajstić information content (AvgIpc) is 2.85. The molecule has 0 unspecified atom stereocenters. The summed E-state index contributed by atoms with van der Waals surface area (Å²) in [4.78, 5) is 4.39. The monoisotopic (exact) mass is 331 g/mol. The molecule has 0 aliphatic heterocycles. The lowest BCUT2D eigenvalue weighted by Crippen LogP contribution is -1.95. The first-order valence-electron chi connectivity index (χ1n) is 6.38. The van der Waals surface area contributed by atoms with Crippen LogP contribution < -0.4 is 11.1 Å². The molecule has 3 rings (SSSR count). The quantitative estimate of drug-likeness (QED) is 0.694. The second-order valence-corrected chi connectivity index (χ2v) is 5.41. The predicted molar refractivity (Wildman–Crippen MR) is 85.2 cm³/mol. The summed E-state index contributed by atoms with van der Waals surface area (Å²) in [5.74, 6) is 0. The van der Waals surface area contributed by atoms with E-state index in [0.717, 1.165) is 16.6 Å². The van der Waals surface area contributed by atoms with Crippen molar-refractivity contribution in [3.05, 3.63) is 46.4 Å². The van der Waals surface area contributed by atoms with Gasteiger partial charge < -0.3 is 15.5 Å². The molecule has 5 heteroatoms. The third-order valence-corrected chi connectivity index (χ3v) is 3.63. The van der Waals surface area contributed by atoms with Gasteiger partial charge in [0.05, 0.1) is 5.69 Å². The number of fused-ring (bicyclic) bond motifs is 1. The number of hydrogen-bond donors (Lipinski definition) is 2. The van der Waals surface area contributed by atoms with Gasteiger partial charge in [0.2, 0.25) is 0 Å². The number of anilines is 3. The summed E-state index contributed by atoms with van der Waals surface area (Å²) in [6.45, 7) is 2.11. The average molecular weight is 332 g/mol. The molecule has 0 amide bonds. The van der Waals surface area contributed by atoms with Crippen LogP contribution in [0.15, 0.2) is 45.3 Å². The van der Waals surface area contributed by atoms with Crippen LogP contribution in [0.2, 0.25) is 0 Å². The van der Waals surface area contributed by atoms with E-state index in [0.29, 0.717) is 22.8 Å². The fourth-order valence-electron chi connectivity index (χ4n) is 2.12. The summed E-state index contributed by atoms with van der Waals surface area (Å²) >= 11 is 3.48. The van der Waals surface area contributed by atoms with Crippen molar-refractivity contribution in [3.8, 4) is 0 Å². The van der Waals surface area contributed by atoms with Crippen molar-refractivity contribution in [2.45, 2.75) is 13.3 Å². The van der Waals surface area contributed by atoms with Crippen molar-refractivity contribution in [2.24, 2.45) is 0 Å². The standard InChI is InChI=1S/C15H14BrN3O/c1-2-9-8-10(16)6-7-12(9)18-15-19-14-11(17)4-3-5-13(14)20-15/h3-8H,2,17H2,1H3,(H,18,19). The highest BCUT2D eigenvalue weighted by Crippen LogP contribution is 2.28. The van der Waals surface area contributed by atoms with Gasteiger partial charge in [0.15, 0.2) is 5.58 Å². The minimum atomic E-state index is 0.454. The third kappa shape index (κ3) is 2.36. The van der Waals surface area contributed by atoms with E-state index in [4.69, 9.17) is 10.2 Å². The van der Waals surface area contributed by atoms with Crippen molar-refractivity contribution >= 4 is 44.4 Å². The van der Waals surface area contributed by atoms with Crippen molar-refractivity contribution in [1.82, 2.24) is 4.98 Å². The molecule has 3 aromatic rings. The summed E-state index contributed by atoms with van der Waals surface area (Å²) in [6.07, 6.45) is 0.921. The summed E-state index contributed by atoms with van der Waals surface area (Å²) < 4.78 is 6.73. The van der Waals surface area contributed by atoms with Crippen molar-refractivity contribution in [2.75, 3.05) is 11.1 Å². The number of nitrogens with two attached hydrogens (primary N) is 1. The van der Waals surface area contributed by atoms with Gasteiger partial charge in [0.1, 0.15) is 5.52 Å². The first kappa shape index (κ1) is 13.0. The van der Waals surface area contributed by atoms with Gasteiger partial charge in [0, 0.05) is 10.2 Å². The lowest BCUT2D eigenvalue weighted by molar-refractivity contribution is 0.623.